The number of fused-ring (bicyclic) bond motifs is 1. The number of benzene rings is 1. The van der Waals surface area contributed by atoms with E-state index in [4.69, 9.17) is 4.74 Å². The second-order valence-electron chi connectivity index (χ2n) is 5.15. The van der Waals surface area contributed by atoms with Crippen LogP contribution in [0, 0.1) is 6.92 Å². The number of aliphatic hydroxyl groups excluding tert-OH is 1. The number of likely N-dealkylation sites (N-methyl/N-ethyl adjacent to an activating group) is 1. The molecule has 3 nitrogen and oxygen atoms in total. The maximum atomic E-state index is 10.5. The third-order valence-electron chi connectivity index (χ3n) is 3.75. The fourth-order valence-electron chi connectivity index (χ4n) is 2.51. The van der Waals surface area contributed by atoms with Gasteiger partial charge in [0.25, 0.3) is 0 Å². The molecule has 1 heterocycles. The van der Waals surface area contributed by atoms with E-state index < -0.39 is 6.10 Å². The van der Waals surface area contributed by atoms with E-state index in [1.807, 2.05) is 25.1 Å². The molecule has 1 aliphatic heterocycles. The smallest absolute Gasteiger partial charge is 0.128 e. The standard InChI is InChI=1S/C15H23NO2/c1-4-5-9-16(3)13-10-18-15-11(2)7-6-8-12(15)14(13)17/h6-8,13-14,17H,4-5,9-10H2,1-3H3. The van der Waals surface area contributed by atoms with Crippen molar-refractivity contribution in [1.82, 2.24) is 4.90 Å². The SMILES string of the molecule is CCCCN(C)C1COc2c(C)cccc2C1O. The molecule has 1 aromatic rings. The van der Waals surface area contributed by atoms with Crippen LogP contribution in [0.2, 0.25) is 0 Å². The van der Waals surface area contributed by atoms with Crippen LogP contribution in [-0.4, -0.2) is 36.2 Å². The summed E-state index contributed by atoms with van der Waals surface area (Å²) < 4.78 is 5.84. The molecule has 0 aliphatic carbocycles. The van der Waals surface area contributed by atoms with Crippen LogP contribution in [0.1, 0.15) is 37.0 Å². The van der Waals surface area contributed by atoms with Gasteiger partial charge in [-0.25, -0.2) is 0 Å². The van der Waals surface area contributed by atoms with Crippen molar-refractivity contribution >= 4 is 0 Å². The molecule has 18 heavy (non-hydrogen) atoms. The van der Waals surface area contributed by atoms with E-state index >= 15 is 0 Å². The summed E-state index contributed by atoms with van der Waals surface area (Å²) in [5.74, 6) is 0.866. The minimum absolute atomic E-state index is 0.0610. The summed E-state index contributed by atoms with van der Waals surface area (Å²) in [6.07, 6.45) is 1.87. The summed E-state index contributed by atoms with van der Waals surface area (Å²) in [4.78, 5) is 2.21. The van der Waals surface area contributed by atoms with E-state index in [-0.39, 0.29) is 6.04 Å². The number of aryl methyl sites for hydroxylation is 1. The lowest BCUT2D eigenvalue weighted by atomic mass is 9.96. The molecule has 1 N–H and O–H groups in total. The zero-order chi connectivity index (χ0) is 13.1. The van der Waals surface area contributed by atoms with Crippen LogP contribution < -0.4 is 4.74 Å². The molecule has 100 valence electrons. The molecule has 2 unspecified atom stereocenters. The molecular weight excluding hydrogens is 226 g/mol. The molecule has 0 bridgehead atoms. The Hall–Kier alpha value is -1.06. The molecule has 2 rings (SSSR count). The normalized spacial score (nSPS) is 22.7. The van der Waals surface area contributed by atoms with Gasteiger partial charge in [0.1, 0.15) is 18.5 Å². The lowest BCUT2D eigenvalue weighted by Crippen LogP contribution is -2.44. The predicted molar refractivity (Wildman–Crippen MR) is 73.0 cm³/mol. The fraction of sp³-hybridized carbons (Fsp3) is 0.600. The molecule has 3 heteroatoms. The predicted octanol–water partition coefficient (Wildman–Crippen LogP) is 2.52. The van der Waals surface area contributed by atoms with Crippen LogP contribution in [0.5, 0.6) is 5.75 Å². The van der Waals surface area contributed by atoms with Gasteiger partial charge in [-0.2, -0.15) is 0 Å². The molecule has 2 atom stereocenters. The van der Waals surface area contributed by atoms with Crippen molar-refractivity contribution in [3.63, 3.8) is 0 Å². The van der Waals surface area contributed by atoms with Crippen LogP contribution in [0.4, 0.5) is 0 Å². The Morgan fingerprint density at radius 1 is 1.44 bits per heavy atom. The Bertz CT molecular complexity index is 405. The van der Waals surface area contributed by atoms with Gasteiger partial charge in [0.2, 0.25) is 0 Å². The summed E-state index contributed by atoms with van der Waals surface area (Å²) in [6.45, 7) is 5.77. The highest BCUT2D eigenvalue weighted by Crippen LogP contribution is 2.36. The Labute approximate surface area is 109 Å². The van der Waals surface area contributed by atoms with Crippen molar-refractivity contribution in [2.75, 3.05) is 20.2 Å². The monoisotopic (exact) mass is 249 g/mol. The van der Waals surface area contributed by atoms with E-state index in [1.54, 1.807) is 0 Å². The minimum atomic E-state index is -0.449. The molecule has 0 spiro atoms. The summed E-state index contributed by atoms with van der Waals surface area (Å²) in [6, 6.07) is 6.03. The average molecular weight is 249 g/mol. The lowest BCUT2D eigenvalue weighted by molar-refractivity contribution is 0.0143. The highest BCUT2D eigenvalue weighted by Gasteiger charge is 2.32. The molecule has 0 amide bonds. The van der Waals surface area contributed by atoms with E-state index in [0.29, 0.717) is 6.61 Å². The van der Waals surface area contributed by atoms with Crippen LogP contribution >= 0.6 is 0 Å². The highest BCUT2D eigenvalue weighted by atomic mass is 16.5. The van der Waals surface area contributed by atoms with Crippen molar-refractivity contribution in [2.45, 2.75) is 38.8 Å². The first-order valence-corrected chi connectivity index (χ1v) is 6.75. The van der Waals surface area contributed by atoms with Crippen molar-refractivity contribution in [3.8, 4) is 5.75 Å². The van der Waals surface area contributed by atoms with Gasteiger partial charge in [-0.1, -0.05) is 31.5 Å². The van der Waals surface area contributed by atoms with Gasteiger partial charge in [-0.05, 0) is 32.5 Å². The number of ether oxygens (including phenoxy) is 1. The number of nitrogens with zero attached hydrogens (tertiary/aromatic N) is 1. The molecule has 0 saturated carbocycles. The first-order valence-electron chi connectivity index (χ1n) is 6.75. The van der Waals surface area contributed by atoms with E-state index in [9.17, 15) is 5.11 Å². The number of rotatable bonds is 4. The summed E-state index contributed by atoms with van der Waals surface area (Å²) in [5.41, 5.74) is 2.02. The Balaban J connectivity index is 2.15. The minimum Gasteiger partial charge on any atom is -0.491 e. The van der Waals surface area contributed by atoms with Crippen LogP contribution in [-0.2, 0) is 0 Å². The molecule has 1 aliphatic rings. The quantitative estimate of drug-likeness (QED) is 0.890. The van der Waals surface area contributed by atoms with Crippen LogP contribution in [0.25, 0.3) is 0 Å². The van der Waals surface area contributed by atoms with Gasteiger partial charge in [-0.3, -0.25) is 4.90 Å². The van der Waals surface area contributed by atoms with Crippen LogP contribution in [0.3, 0.4) is 0 Å². The van der Waals surface area contributed by atoms with Gasteiger partial charge in [0.05, 0.1) is 6.04 Å². The van der Waals surface area contributed by atoms with Gasteiger partial charge in [-0.15, -0.1) is 0 Å². The van der Waals surface area contributed by atoms with Gasteiger partial charge >= 0.3 is 0 Å². The zero-order valence-electron chi connectivity index (χ0n) is 11.5. The van der Waals surface area contributed by atoms with E-state index in [2.05, 4.69) is 18.9 Å². The fourth-order valence-corrected chi connectivity index (χ4v) is 2.51. The lowest BCUT2D eigenvalue weighted by Gasteiger charge is -2.36. The van der Waals surface area contributed by atoms with Crippen molar-refractivity contribution < 1.29 is 9.84 Å². The third kappa shape index (κ3) is 2.52. The Morgan fingerprint density at radius 3 is 2.94 bits per heavy atom. The van der Waals surface area contributed by atoms with Gasteiger partial charge < -0.3 is 9.84 Å². The highest BCUT2D eigenvalue weighted by molar-refractivity contribution is 5.44. The average Bonchev–Trinajstić information content (AvgIpc) is 2.37. The first kappa shape index (κ1) is 13.4. The first-order chi connectivity index (χ1) is 8.65. The van der Waals surface area contributed by atoms with E-state index in [0.717, 1.165) is 29.8 Å². The number of hydrogen-bond acceptors (Lipinski definition) is 3. The molecule has 0 radical (unpaired) electrons. The molecule has 0 aromatic heterocycles. The number of aliphatic hydroxyl groups is 1. The number of para-hydroxylation sites is 1. The van der Waals surface area contributed by atoms with Gasteiger partial charge in [0.15, 0.2) is 0 Å². The number of hydrogen-bond donors (Lipinski definition) is 1. The van der Waals surface area contributed by atoms with Crippen LogP contribution in [0.15, 0.2) is 18.2 Å². The van der Waals surface area contributed by atoms with Crippen molar-refractivity contribution in [3.05, 3.63) is 29.3 Å². The molecular formula is C15H23NO2. The second-order valence-corrected chi connectivity index (χ2v) is 5.15. The maximum Gasteiger partial charge on any atom is 0.128 e. The summed E-state index contributed by atoms with van der Waals surface area (Å²) >= 11 is 0. The summed E-state index contributed by atoms with van der Waals surface area (Å²) in [5, 5.41) is 10.5. The van der Waals surface area contributed by atoms with E-state index in [1.165, 1.54) is 6.42 Å². The second kappa shape index (κ2) is 5.72. The zero-order valence-corrected chi connectivity index (χ0v) is 11.5. The van der Waals surface area contributed by atoms with Gasteiger partial charge in [0, 0.05) is 5.56 Å². The third-order valence-corrected chi connectivity index (χ3v) is 3.75. The maximum absolute atomic E-state index is 10.5. The summed E-state index contributed by atoms with van der Waals surface area (Å²) in [7, 11) is 2.06. The Morgan fingerprint density at radius 2 is 2.22 bits per heavy atom. The molecule has 0 fully saturated rings. The topological polar surface area (TPSA) is 32.7 Å². The van der Waals surface area contributed by atoms with Crippen molar-refractivity contribution in [1.29, 1.82) is 0 Å². The largest absolute Gasteiger partial charge is 0.491 e. The van der Waals surface area contributed by atoms with Crippen molar-refractivity contribution in [2.24, 2.45) is 0 Å². The Kier molecular flexibility index (Phi) is 4.25. The molecule has 0 saturated heterocycles. The number of unbranched alkanes of at least 4 members (excludes halogenated alkanes) is 1. The molecule has 1 aromatic carbocycles.